The highest BCUT2D eigenvalue weighted by molar-refractivity contribution is 6.09. The number of carbonyl (C=O) groups is 2. The van der Waals surface area contributed by atoms with Crippen LogP contribution in [0.5, 0.6) is 0 Å². The van der Waals surface area contributed by atoms with Crippen LogP contribution in [0.2, 0.25) is 0 Å². The van der Waals surface area contributed by atoms with E-state index in [2.05, 4.69) is 5.32 Å². The van der Waals surface area contributed by atoms with E-state index >= 15 is 0 Å². The van der Waals surface area contributed by atoms with E-state index in [4.69, 9.17) is 4.74 Å². The van der Waals surface area contributed by atoms with Crippen molar-refractivity contribution in [2.75, 3.05) is 11.9 Å². The van der Waals surface area contributed by atoms with Gasteiger partial charge < -0.3 is 14.6 Å². The summed E-state index contributed by atoms with van der Waals surface area (Å²) in [5, 5.41) is 3.62. The molecule has 1 N–H and O–H groups in total. The quantitative estimate of drug-likeness (QED) is 0.310. The number of nitrogens with one attached hydrogen (secondary N) is 1. The van der Waals surface area contributed by atoms with Crippen LogP contribution in [0.1, 0.15) is 40.3 Å². The molecule has 0 atom stereocenters. The first-order chi connectivity index (χ1) is 16.7. The van der Waals surface area contributed by atoms with E-state index in [-0.39, 0.29) is 6.61 Å². The molecule has 0 aliphatic rings. The van der Waals surface area contributed by atoms with E-state index in [0.717, 1.165) is 23.0 Å². The zero-order valence-electron chi connectivity index (χ0n) is 19.1. The highest BCUT2D eigenvalue weighted by atomic mass is 19.4. The molecule has 1 amide bonds. The Morgan fingerprint density at radius 3 is 2.31 bits per heavy atom. The van der Waals surface area contributed by atoms with Gasteiger partial charge in [0.25, 0.3) is 5.91 Å². The van der Waals surface area contributed by atoms with E-state index in [1.54, 1.807) is 49.4 Å². The molecule has 0 unspecified atom stereocenters. The number of aromatic nitrogens is 1. The van der Waals surface area contributed by atoms with Crippen molar-refractivity contribution < 1.29 is 27.5 Å². The summed E-state index contributed by atoms with van der Waals surface area (Å²) in [6, 6.07) is 18.5. The Bertz CT molecular complexity index is 1390. The Morgan fingerprint density at radius 1 is 0.943 bits per heavy atom. The number of aryl methyl sites for hydroxylation is 1. The number of amides is 1. The average molecular weight is 480 g/mol. The molecule has 35 heavy (non-hydrogen) atoms. The number of esters is 1. The first-order valence-corrected chi connectivity index (χ1v) is 11.1. The molecular weight excluding hydrogens is 457 g/mol. The summed E-state index contributed by atoms with van der Waals surface area (Å²) in [6.07, 6.45) is -4.43. The molecule has 0 saturated carbocycles. The van der Waals surface area contributed by atoms with Gasteiger partial charge >= 0.3 is 12.1 Å². The van der Waals surface area contributed by atoms with Crippen LogP contribution in [0, 0.1) is 0 Å². The van der Waals surface area contributed by atoms with Gasteiger partial charge in [0.1, 0.15) is 5.69 Å². The van der Waals surface area contributed by atoms with Gasteiger partial charge in [-0.05, 0) is 67.4 Å². The number of carbonyl (C=O) groups excluding carboxylic acids is 2. The first-order valence-electron chi connectivity index (χ1n) is 11.1. The normalized spacial score (nSPS) is 11.5. The van der Waals surface area contributed by atoms with Crippen molar-refractivity contribution in [3.05, 3.63) is 89.6 Å². The maximum Gasteiger partial charge on any atom is 0.416 e. The topological polar surface area (TPSA) is 60.3 Å². The van der Waals surface area contributed by atoms with Crippen molar-refractivity contribution in [2.45, 2.75) is 26.6 Å². The number of anilines is 1. The lowest BCUT2D eigenvalue weighted by Gasteiger charge is -2.12. The number of hydrogen-bond donors (Lipinski definition) is 1. The number of alkyl halides is 3. The van der Waals surface area contributed by atoms with Gasteiger partial charge in [-0.3, -0.25) is 4.79 Å². The molecule has 3 aromatic carbocycles. The van der Waals surface area contributed by atoms with Crippen LogP contribution in [0.25, 0.3) is 22.0 Å². The van der Waals surface area contributed by atoms with E-state index in [9.17, 15) is 22.8 Å². The Hall–Kier alpha value is -4.07. The second kappa shape index (κ2) is 9.66. The number of halogens is 3. The summed E-state index contributed by atoms with van der Waals surface area (Å²) < 4.78 is 45.8. The molecular formula is C27H23F3N2O3. The van der Waals surface area contributed by atoms with Crippen LogP contribution in [0.3, 0.4) is 0 Å². The fraction of sp³-hybridized carbons (Fsp3) is 0.185. The van der Waals surface area contributed by atoms with Gasteiger partial charge in [0.15, 0.2) is 0 Å². The molecule has 180 valence electrons. The molecule has 0 spiro atoms. The number of rotatable bonds is 6. The van der Waals surface area contributed by atoms with Crippen molar-refractivity contribution in [2.24, 2.45) is 0 Å². The molecule has 1 aromatic heterocycles. The van der Waals surface area contributed by atoms with E-state index in [1.807, 2.05) is 17.6 Å². The van der Waals surface area contributed by atoms with Crippen molar-refractivity contribution >= 4 is 28.5 Å². The van der Waals surface area contributed by atoms with Crippen LogP contribution >= 0.6 is 0 Å². The Kier molecular flexibility index (Phi) is 6.64. The van der Waals surface area contributed by atoms with Crippen LogP contribution < -0.4 is 5.32 Å². The molecule has 0 radical (unpaired) electrons. The number of ether oxygens (including phenoxy) is 1. The average Bonchev–Trinajstić information content (AvgIpc) is 3.21. The fourth-order valence-electron chi connectivity index (χ4n) is 4.03. The van der Waals surface area contributed by atoms with E-state index in [1.165, 1.54) is 12.1 Å². The second-order valence-corrected chi connectivity index (χ2v) is 7.84. The van der Waals surface area contributed by atoms with Crippen LogP contribution in [0.4, 0.5) is 18.9 Å². The maximum atomic E-state index is 13.1. The lowest BCUT2D eigenvalue weighted by Crippen LogP contribution is -2.13. The third-order valence-corrected chi connectivity index (χ3v) is 5.65. The smallest absolute Gasteiger partial charge is 0.416 e. The van der Waals surface area contributed by atoms with Gasteiger partial charge in [-0.15, -0.1) is 0 Å². The van der Waals surface area contributed by atoms with Crippen LogP contribution in [-0.4, -0.2) is 23.1 Å². The summed E-state index contributed by atoms with van der Waals surface area (Å²) in [6.45, 7) is 4.51. The van der Waals surface area contributed by atoms with Crippen molar-refractivity contribution in [3.8, 4) is 11.1 Å². The van der Waals surface area contributed by atoms with Gasteiger partial charge in [-0.1, -0.05) is 30.3 Å². The molecule has 4 aromatic rings. The predicted molar refractivity (Wildman–Crippen MR) is 128 cm³/mol. The van der Waals surface area contributed by atoms with Crippen molar-refractivity contribution in [1.29, 1.82) is 0 Å². The Balaban J connectivity index is 1.63. The minimum atomic E-state index is -4.43. The van der Waals surface area contributed by atoms with Crippen LogP contribution in [0.15, 0.2) is 72.8 Å². The van der Waals surface area contributed by atoms with E-state index < -0.39 is 23.6 Å². The number of nitrogens with zero attached hydrogens (tertiary/aromatic N) is 1. The van der Waals surface area contributed by atoms with Gasteiger partial charge in [0.05, 0.1) is 12.2 Å². The summed E-state index contributed by atoms with van der Waals surface area (Å²) in [4.78, 5) is 25.4. The van der Waals surface area contributed by atoms with Gasteiger partial charge in [0, 0.05) is 28.7 Å². The van der Waals surface area contributed by atoms with Gasteiger partial charge in [-0.2, -0.15) is 13.2 Å². The molecule has 1 heterocycles. The zero-order valence-corrected chi connectivity index (χ0v) is 19.1. The molecule has 8 heteroatoms. The molecule has 4 rings (SSSR count). The van der Waals surface area contributed by atoms with Gasteiger partial charge in [-0.25, -0.2) is 4.79 Å². The highest BCUT2D eigenvalue weighted by Gasteiger charge is 2.30. The summed E-state index contributed by atoms with van der Waals surface area (Å²) in [7, 11) is 0. The molecule has 0 saturated heterocycles. The van der Waals surface area contributed by atoms with Crippen molar-refractivity contribution in [3.63, 3.8) is 0 Å². The third kappa shape index (κ3) is 4.91. The first kappa shape index (κ1) is 24.1. The molecule has 0 fully saturated rings. The molecule has 0 aliphatic heterocycles. The lowest BCUT2D eigenvalue weighted by atomic mass is 9.98. The SMILES string of the molecule is CCOC(=O)c1cc2cc(NC(=O)c3ccccc3-c3ccc(C(F)(F)F)cc3)ccc2n1CC. The summed E-state index contributed by atoms with van der Waals surface area (Å²) in [5.41, 5.74) is 2.37. The largest absolute Gasteiger partial charge is 0.461 e. The zero-order chi connectivity index (χ0) is 25.2. The number of benzene rings is 3. The number of hydrogen-bond acceptors (Lipinski definition) is 3. The molecule has 0 bridgehead atoms. The minimum absolute atomic E-state index is 0.268. The lowest BCUT2D eigenvalue weighted by molar-refractivity contribution is -0.137. The maximum absolute atomic E-state index is 13.1. The Morgan fingerprint density at radius 2 is 1.66 bits per heavy atom. The minimum Gasteiger partial charge on any atom is -0.461 e. The number of fused-ring (bicyclic) bond motifs is 1. The third-order valence-electron chi connectivity index (χ3n) is 5.65. The van der Waals surface area contributed by atoms with Crippen LogP contribution in [-0.2, 0) is 17.5 Å². The standard InChI is InChI=1S/C27H23F3N2O3/c1-3-32-23-14-13-20(15-18(23)16-24(32)26(34)35-4-2)31-25(33)22-8-6-5-7-21(22)17-9-11-19(12-10-17)27(28,29)30/h5-16H,3-4H2,1-2H3,(H,31,33). The fourth-order valence-corrected chi connectivity index (χ4v) is 4.03. The molecule has 0 aliphatic carbocycles. The van der Waals surface area contributed by atoms with Crippen molar-refractivity contribution in [1.82, 2.24) is 4.57 Å². The predicted octanol–water partition coefficient (Wildman–Crippen LogP) is 6.78. The van der Waals surface area contributed by atoms with E-state index in [0.29, 0.717) is 34.6 Å². The monoisotopic (exact) mass is 480 g/mol. The molecule has 5 nitrogen and oxygen atoms in total. The van der Waals surface area contributed by atoms with Gasteiger partial charge in [0.2, 0.25) is 0 Å². The summed E-state index contributed by atoms with van der Waals surface area (Å²) >= 11 is 0. The highest BCUT2D eigenvalue weighted by Crippen LogP contribution is 2.32. The second-order valence-electron chi connectivity index (χ2n) is 7.84. The summed E-state index contributed by atoms with van der Waals surface area (Å²) in [5.74, 6) is -0.818. The Labute approximate surface area is 200 Å².